The second kappa shape index (κ2) is 5.76. The summed E-state index contributed by atoms with van der Waals surface area (Å²) < 4.78 is 8.03. The van der Waals surface area contributed by atoms with Crippen molar-refractivity contribution in [2.24, 2.45) is 0 Å². The largest absolute Gasteiger partial charge is 0.458 e. The quantitative estimate of drug-likeness (QED) is 0.487. The summed E-state index contributed by atoms with van der Waals surface area (Å²) in [4.78, 5) is 4.15. The highest BCUT2D eigenvalue weighted by molar-refractivity contribution is 6.31. The summed E-state index contributed by atoms with van der Waals surface area (Å²) in [7, 11) is 0. The molecule has 0 bridgehead atoms. The normalized spacial score (nSPS) is 12.6. The van der Waals surface area contributed by atoms with Crippen LogP contribution in [0.1, 0.15) is 17.4 Å². The van der Waals surface area contributed by atoms with E-state index < -0.39 is 0 Å². The van der Waals surface area contributed by atoms with E-state index in [1.807, 2.05) is 59.3 Å². The lowest BCUT2D eigenvalue weighted by atomic mass is 10.0. The molecule has 2 aromatic carbocycles. The Bertz CT molecular complexity index is 960. The first kappa shape index (κ1) is 14.4. The molecule has 1 atom stereocenters. The van der Waals surface area contributed by atoms with E-state index in [1.54, 1.807) is 12.5 Å². The second-order valence-electron chi connectivity index (χ2n) is 5.26. The van der Waals surface area contributed by atoms with Gasteiger partial charge >= 0.3 is 0 Å². The highest BCUT2D eigenvalue weighted by Gasteiger charge is 2.22. The van der Waals surface area contributed by atoms with Crippen molar-refractivity contribution in [3.05, 3.63) is 88.6 Å². The summed E-state index contributed by atoms with van der Waals surface area (Å²) in [6.45, 7) is 0. The molecule has 4 aromatic rings. The lowest BCUT2D eigenvalue weighted by Crippen LogP contribution is -2.10. The minimum atomic E-state index is -0.183. The van der Waals surface area contributed by atoms with Crippen LogP contribution in [0.4, 0.5) is 0 Å². The minimum absolute atomic E-state index is 0.183. The topological polar surface area (TPSA) is 31.0 Å². The Labute approximate surface area is 143 Å². The summed E-state index contributed by atoms with van der Waals surface area (Å²) in [6.07, 6.45) is 5.39. The molecule has 23 heavy (non-hydrogen) atoms. The standard InChI is InChI=1S/C18H12Cl2N2O/c19-13-5-6-16-12(9-13)10-17(23-16)18(22-8-7-21-11-22)14-3-1-2-4-15(14)20/h1-11,18H/t18-/m1/s1. The van der Waals surface area contributed by atoms with E-state index >= 15 is 0 Å². The number of hydrogen-bond donors (Lipinski definition) is 0. The smallest absolute Gasteiger partial charge is 0.134 e. The summed E-state index contributed by atoms with van der Waals surface area (Å²) in [6, 6.07) is 15.1. The molecule has 2 heterocycles. The Morgan fingerprint density at radius 2 is 1.91 bits per heavy atom. The number of furan rings is 1. The molecular formula is C18H12Cl2N2O. The van der Waals surface area contributed by atoms with Gasteiger partial charge in [0.25, 0.3) is 0 Å². The zero-order chi connectivity index (χ0) is 15.8. The van der Waals surface area contributed by atoms with E-state index in [0.29, 0.717) is 10.0 Å². The maximum absolute atomic E-state index is 6.41. The fourth-order valence-corrected chi connectivity index (χ4v) is 3.17. The van der Waals surface area contributed by atoms with Crippen LogP contribution in [-0.2, 0) is 0 Å². The van der Waals surface area contributed by atoms with Gasteiger partial charge in [0, 0.05) is 33.4 Å². The predicted molar refractivity (Wildman–Crippen MR) is 92.1 cm³/mol. The third kappa shape index (κ3) is 2.62. The van der Waals surface area contributed by atoms with Crippen molar-refractivity contribution in [1.29, 1.82) is 0 Å². The second-order valence-corrected chi connectivity index (χ2v) is 6.11. The number of nitrogens with zero attached hydrogens (tertiary/aromatic N) is 2. The van der Waals surface area contributed by atoms with E-state index in [1.165, 1.54) is 0 Å². The lowest BCUT2D eigenvalue weighted by molar-refractivity contribution is 0.488. The average molecular weight is 343 g/mol. The molecule has 0 radical (unpaired) electrons. The number of benzene rings is 2. The van der Waals surface area contributed by atoms with Crippen molar-refractivity contribution >= 4 is 34.2 Å². The Kier molecular flexibility index (Phi) is 3.60. The van der Waals surface area contributed by atoms with Crippen molar-refractivity contribution in [2.45, 2.75) is 6.04 Å². The zero-order valence-corrected chi connectivity index (χ0v) is 13.5. The molecule has 0 amide bonds. The van der Waals surface area contributed by atoms with Crippen LogP contribution in [0.2, 0.25) is 10.0 Å². The van der Waals surface area contributed by atoms with Crippen LogP contribution < -0.4 is 0 Å². The molecule has 5 heteroatoms. The molecule has 0 saturated heterocycles. The van der Waals surface area contributed by atoms with Gasteiger partial charge in [-0.2, -0.15) is 0 Å². The van der Waals surface area contributed by atoms with Crippen LogP contribution in [0.3, 0.4) is 0 Å². The van der Waals surface area contributed by atoms with Gasteiger partial charge in [0.15, 0.2) is 0 Å². The molecule has 0 saturated carbocycles. The first-order chi connectivity index (χ1) is 11.2. The maximum Gasteiger partial charge on any atom is 0.134 e. The molecule has 0 aliphatic rings. The van der Waals surface area contributed by atoms with Gasteiger partial charge in [0.2, 0.25) is 0 Å². The van der Waals surface area contributed by atoms with Crippen LogP contribution in [-0.4, -0.2) is 9.55 Å². The third-order valence-electron chi connectivity index (χ3n) is 3.79. The first-order valence-electron chi connectivity index (χ1n) is 7.13. The molecule has 0 unspecified atom stereocenters. The van der Waals surface area contributed by atoms with Crippen molar-refractivity contribution in [3.8, 4) is 0 Å². The van der Waals surface area contributed by atoms with Crippen LogP contribution in [0.5, 0.6) is 0 Å². The SMILES string of the molecule is Clc1ccc2oc([C@@H](c3ccccc3Cl)n3ccnc3)cc2c1. The van der Waals surface area contributed by atoms with Gasteiger partial charge < -0.3 is 8.98 Å². The Hall–Kier alpha value is -2.23. The Morgan fingerprint density at radius 3 is 2.70 bits per heavy atom. The molecule has 2 aromatic heterocycles. The lowest BCUT2D eigenvalue weighted by Gasteiger charge is -2.17. The van der Waals surface area contributed by atoms with Crippen molar-refractivity contribution in [3.63, 3.8) is 0 Å². The van der Waals surface area contributed by atoms with Crippen LogP contribution >= 0.6 is 23.2 Å². The van der Waals surface area contributed by atoms with Crippen molar-refractivity contribution in [1.82, 2.24) is 9.55 Å². The number of rotatable bonds is 3. The van der Waals surface area contributed by atoms with E-state index in [2.05, 4.69) is 4.98 Å². The molecule has 3 nitrogen and oxygen atoms in total. The van der Waals surface area contributed by atoms with Crippen LogP contribution in [0.25, 0.3) is 11.0 Å². The number of imidazole rings is 1. The van der Waals surface area contributed by atoms with Gasteiger partial charge in [-0.25, -0.2) is 4.98 Å². The zero-order valence-electron chi connectivity index (χ0n) is 12.0. The van der Waals surface area contributed by atoms with E-state index in [-0.39, 0.29) is 6.04 Å². The fraction of sp³-hybridized carbons (Fsp3) is 0.0556. The Morgan fingerprint density at radius 1 is 1.04 bits per heavy atom. The van der Waals surface area contributed by atoms with Crippen LogP contribution in [0.15, 0.2) is 71.7 Å². The van der Waals surface area contributed by atoms with Crippen molar-refractivity contribution in [2.75, 3.05) is 0 Å². The van der Waals surface area contributed by atoms with Gasteiger partial charge in [0.1, 0.15) is 17.4 Å². The molecule has 0 aliphatic carbocycles. The molecule has 0 N–H and O–H groups in total. The molecule has 0 spiro atoms. The van der Waals surface area contributed by atoms with E-state index in [0.717, 1.165) is 22.3 Å². The van der Waals surface area contributed by atoms with Gasteiger partial charge in [0.05, 0.1) is 6.33 Å². The Balaban J connectivity index is 1.92. The molecule has 114 valence electrons. The van der Waals surface area contributed by atoms with E-state index in [9.17, 15) is 0 Å². The highest BCUT2D eigenvalue weighted by atomic mass is 35.5. The van der Waals surface area contributed by atoms with Crippen molar-refractivity contribution < 1.29 is 4.42 Å². The average Bonchev–Trinajstić information content (AvgIpc) is 3.19. The highest BCUT2D eigenvalue weighted by Crippen LogP contribution is 2.35. The third-order valence-corrected chi connectivity index (χ3v) is 4.37. The summed E-state index contributed by atoms with van der Waals surface area (Å²) in [5, 5.41) is 2.33. The van der Waals surface area contributed by atoms with Crippen LogP contribution in [0, 0.1) is 0 Å². The monoisotopic (exact) mass is 342 g/mol. The summed E-state index contributed by atoms with van der Waals surface area (Å²) >= 11 is 12.5. The van der Waals surface area contributed by atoms with Gasteiger partial charge in [-0.05, 0) is 30.3 Å². The predicted octanol–water partition coefficient (Wildman–Crippen LogP) is 5.57. The fourth-order valence-electron chi connectivity index (χ4n) is 2.75. The number of halogens is 2. The van der Waals surface area contributed by atoms with Gasteiger partial charge in [-0.3, -0.25) is 0 Å². The maximum atomic E-state index is 6.41. The molecule has 0 fully saturated rings. The number of fused-ring (bicyclic) bond motifs is 1. The molecule has 0 aliphatic heterocycles. The molecule has 4 rings (SSSR count). The number of aromatic nitrogens is 2. The van der Waals surface area contributed by atoms with Gasteiger partial charge in [-0.15, -0.1) is 0 Å². The molecular weight excluding hydrogens is 331 g/mol. The number of hydrogen-bond acceptors (Lipinski definition) is 2. The van der Waals surface area contributed by atoms with Gasteiger partial charge in [-0.1, -0.05) is 41.4 Å². The summed E-state index contributed by atoms with van der Waals surface area (Å²) in [5.74, 6) is 0.786. The van der Waals surface area contributed by atoms with E-state index in [4.69, 9.17) is 27.6 Å². The first-order valence-corrected chi connectivity index (χ1v) is 7.89. The minimum Gasteiger partial charge on any atom is -0.458 e. The summed E-state index contributed by atoms with van der Waals surface area (Å²) in [5.41, 5.74) is 1.75.